The van der Waals surface area contributed by atoms with Crippen LogP contribution in [0.25, 0.3) is 0 Å². The van der Waals surface area contributed by atoms with Crippen molar-refractivity contribution >= 4 is 0 Å². The van der Waals surface area contributed by atoms with Crippen LogP contribution in [-0.2, 0) is 47.4 Å². The van der Waals surface area contributed by atoms with Crippen molar-refractivity contribution in [3.8, 4) is 0 Å². The molecule has 0 rings (SSSR count). The van der Waals surface area contributed by atoms with Crippen molar-refractivity contribution in [1.82, 2.24) is 0 Å². The van der Waals surface area contributed by atoms with E-state index in [9.17, 15) is 0 Å². The van der Waals surface area contributed by atoms with E-state index in [1.165, 1.54) is 0 Å². The van der Waals surface area contributed by atoms with Crippen molar-refractivity contribution in [2.24, 2.45) is 5.41 Å². The van der Waals surface area contributed by atoms with Gasteiger partial charge in [0.25, 0.3) is 0 Å². The third-order valence-electron chi connectivity index (χ3n) is 4.74. The summed E-state index contributed by atoms with van der Waals surface area (Å²) in [5, 5.41) is 0. The lowest BCUT2D eigenvalue weighted by Crippen LogP contribution is -2.22. The summed E-state index contributed by atoms with van der Waals surface area (Å²) in [5.41, 5.74) is 0.182. The Labute approximate surface area is 232 Å². The van der Waals surface area contributed by atoms with E-state index >= 15 is 0 Å². The smallest absolute Gasteiger partial charge is 0.0707 e. The van der Waals surface area contributed by atoms with Gasteiger partial charge >= 0.3 is 0 Å². The zero-order valence-electron chi connectivity index (χ0n) is 25.2. The minimum absolute atomic E-state index is 0.127. The molecule has 0 aromatic heterocycles. The topological polar surface area (TPSA) is 92.3 Å². The lowest BCUT2D eigenvalue weighted by Gasteiger charge is -2.19. The predicted molar refractivity (Wildman–Crippen MR) is 147 cm³/mol. The number of rotatable bonds is 29. The van der Waals surface area contributed by atoms with E-state index in [1.807, 2.05) is 20.8 Å². The van der Waals surface area contributed by atoms with Gasteiger partial charge in [0.15, 0.2) is 0 Å². The molecule has 0 aromatic rings. The van der Waals surface area contributed by atoms with E-state index < -0.39 is 0 Å². The molecule has 0 radical (unpaired) electrons. The van der Waals surface area contributed by atoms with Crippen LogP contribution in [0, 0.1) is 5.41 Å². The van der Waals surface area contributed by atoms with Crippen LogP contribution in [0.4, 0.5) is 0 Å². The Balaban J connectivity index is 3.07. The zero-order chi connectivity index (χ0) is 28.2. The van der Waals surface area contributed by atoms with Crippen molar-refractivity contribution in [2.75, 3.05) is 126 Å². The molecule has 0 atom stereocenters. The Kier molecular flexibility index (Phi) is 26.5. The highest BCUT2D eigenvalue weighted by Gasteiger charge is 2.09. The first kappa shape index (κ1) is 37.6. The molecule has 0 saturated carbocycles. The third kappa shape index (κ3) is 35.6. The molecule has 0 aliphatic heterocycles. The molecule has 0 spiro atoms. The fourth-order valence-corrected chi connectivity index (χ4v) is 2.65. The highest BCUT2D eigenvalue weighted by atomic mass is 16.6. The van der Waals surface area contributed by atoms with Crippen LogP contribution < -0.4 is 0 Å². The Morgan fingerprint density at radius 1 is 0.289 bits per heavy atom. The van der Waals surface area contributed by atoms with Gasteiger partial charge in [-0.2, -0.15) is 0 Å². The monoisotopic (exact) mass is 554 g/mol. The van der Waals surface area contributed by atoms with Gasteiger partial charge in [-0.3, -0.25) is 0 Å². The first-order chi connectivity index (χ1) is 18.2. The van der Waals surface area contributed by atoms with E-state index in [2.05, 4.69) is 20.8 Å². The maximum atomic E-state index is 5.57. The van der Waals surface area contributed by atoms with E-state index in [4.69, 9.17) is 47.4 Å². The van der Waals surface area contributed by atoms with Crippen molar-refractivity contribution < 1.29 is 47.4 Å². The zero-order valence-corrected chi connectivity index (χ0v) is 25.2. The largest absolute Gasteiger partial charge is 0.379 e. The second kappa shape index (κ2) is 26.8. The van der Waals surface area contributed by atoms with Gasteiger partial charge in [-0.05, 0) is 32.6 Å². The average molecular weight is 555 g/mol. The van der Waals surface area contributed by atoms with Gasteiger partial charge in [0, 0.05) is 6.61 Å². The summed E-state index contributed by atoms with van der Waals surface area (Å²) in [6.07, 6.45) is 1.05. The summed E-state index contributed by atoms with van der Waals surface area (Å²) in [6.45, 7) is 23.4. The molecule has 0 bridgehead atoms. The SMILES string of the molecule is CC(C)(C)CCOCCOCCOCCOCCOCCOCCOCCOCCOCCOC(C)(C)C. The molecule has 0 heterocycles. The molecular weight excluding hydrogens is 496 g/mol. The van der Waals surface area contributed by atoms with Crippen LogP contribution in [0.5, 0.6) is 0 Å². The van der Waals surface area contributed by atoms with E-state index in [1.54, 1.807) is 0 Å². The Morgan fingerprint density at radius 2 is 0.500 bits per heavy atom. The Bertz CT molecular complexity index is 424. The molecule has 0 N–H and O–H groups in total. The molecule has 10 nitrogen and oxygen atoms in total. The summed E-state index contributed by atoms with van der Waals surface area (Å²) in [5.74, 6) is 0. The second-order valence-electron chi connectivity index (χ2n) is 10.8. The highest BCUT2D eigenvalue weighted by Crippen LogP contribution is 2.17. The van der Waals surface area contributed by atoms with Crippen LogP contribution >= 0.6 is 0 Å². The minimum atomic E-state index is -0.127. The van der Waals surface area contributed by atoms with Crippen molar-refractivity contribution in [3.63, 3.8) is 0 Å². The Morgan fingerprint density at radius 3 is 0.711 bits per heavy atom. The second-order valence-corrected chi connectivity index (χ2v) is 10.8. The standard InChI is InChI=1S/C28H58O10/c1-27(2,3)7-8-29-9-10-30-11-12-31-13-14-32-15-16-33-17-18-34-19-20-35-21-22-36-23-24-37-25-26-38-28(4,5)6/h7-26H2,1-6H3. The normalized spacial score (nSPS) is 12.5. The molecular formula is C28H58O10. The van der Waals surface area contributed by atoms with E-state index in [0.717, 1.165) is 13.0 Å². The van der Waals surface area contributed by atoms with Crippen LogP contribution in [0.15, 0.2) is 0 Å². The summed E-state index contributed by atoms with van der Waals surface area (Å²) >= 11 is 0. The molecule has 0 aliphatic carbocycles. The first-order valence-corrected chi connectivity index (χ1v) is 14.0. The predicted octanol–water partition coefficient (Wildman–Crippen LogP) is 3.39. The summed E-state index contributed by atoms with van der Waals surface area (Å²) in [6, 6.07) is 0. The van der Waals surface area contributed by atoms with E-state index in [-0.39, 0.29) is 5.60 Å². The van der Waals surface area contributed by atoms with E-state index in [0.29, 0.717) is 124 Å². The number of hydrogen-bond acceptors (Lipinski definition) is 10. The van der Waals surface area contributed by atoms with Crippen LogP contribution in [0.1, 0.15) is 48.0 Å². The lowest BCUT2D eigenvalue weighted by atomic mass is 9.93. The van der Waals surface area contributed by atoms with Crippen LogP contribution in [0.3, 0.4) is 0 Å². The molecule has 38 heavy (non-hydrogen) atoms. The molecule has 230 valence electrons. The van der Waals surface area contributed by atoms with Gasteiger partial charge in [0.1, 0.15) is 0 Å². The van der Waals surface area contributed by atoms with Crippen LogP contribution in [-0.4, -0.2) is 131 Å². The van der Waals surface area contributed by atoms with Crippen molar-refractivity contribution in [1.29, 1.82) is 0 Å². The summed E-state index contributed by atoms with van der Waals surface area (Å²) in [4.78, 5) is 0. The molecule has 0 saturated heterocycles. The maximum Gasteiger partial charge on any atom is 0.0707 e. The molecule has 0 unspecified atom stereocenters. The third-order valence-corrected chi connectivity index (χ3v) is 4.74. The molecule has 0 aromatic carbocycles. The molecule has 0 fully saturated rings. The Hall–Kier alpha value is -0.400. The van der Waals surface area contributed by atoms with Crippen molar-refractivity contribution in [3.05, 3.63) is 0 Å². The fraction of sp³-hybridized carbons (Fsp3) is 1.00. The first-order valence-electron chi connectivity index (χ1n) is 14.0. The molecule has 0 amide bonds. The summed E-state index contributed by atoms with van der Waals surface area (Å²) in [7, 11) is 0. The number of hydrogen-bond donors (Lipinski definition) is 0. The summed E-state index contributed by atoms with van der Waals surface area (Å²) < 4.78 is 54.8. The van der Waals surface area contributed by atoms with Gasteiger partial charge in [-0.15, -0.1) is 0 Å². The van der Waals surface area contributed by atoms with Crippen molar-refractivity contribution in [2.45, 2.75) is 53.6 Å². The van der Waals surface area contributed by atoms with Crippen LogP contribution in [0.2, 0.25) is 0 Å². The highest BCUT2D eigenvalue weighted by molar-refractivity contribution is 4.60. The maximum absolute atomic E-state index is 5.57. The number of ether oxygens (including phenoxy) is 10. The molecule has 10 heteroatoms. The molecule has 0 aliphatic rings. The fourth-order valence-electron chi connectivity index (χ4n) is 2.65. The quantitative estimate of drug-likeness (QED) is 0.128. The minimum Gasteiger partial charge on any atom is -0.379 e. The average Bonchev–Trinajstić information content (AvgIpc) is 2.84. The van der Waals surface area contributed by atoms with Gasteiger partial charge in [0.2, 0.25) is 0 Å². The van der Waals surface area contributed by atoms with Gasteiger partial charge in [-0.1, -0.05) is 20.8 Å². The van der Waals surface area contributed by atoms with Gasteiger partial charge in [-0.25, -0.2) is 0 Å². The van der Waals surface area contributed by atoms with Gasteiger partial charge in [0.05, 0.1) is 125 Å². The van der Waals surface area contributed by atoms with Gasteiger partial charge < -0.3 is 47.4 Å². The lowest BCUT2D eigenvalue weighted by molar-refractivity contribution is -0.0467.